The van der Waals surface area contributed by atoms with Crippen LogP contribution in [0, 0.1) is 13.8 Å². The number of nitrogens with one attached hydrogen (secondary N) is 1. The van der Waals surface area contributed by atoms with Gasteiger partial charge in [-0.15, -0.1) is 0 Å². The zero-order chi connectivity index (χ0) is 20.6. The molecule has 0 unspecified atom stereocenters. The number of hydrogen-bond donors (Lipinski definition) is 1. The molecule has 0 spiro atoms. The molecule has 0 saturated carbocycles. The molecule has 0 atom stereocenters. The smallest absolute Gasteiger partial charge is 0.125 e. The van der Waals surface area contributed by atoms with Gasteiger partial charge in [-0.2, -0.15) is 0 Å². The molecular weight excluding hydrogens is 352 g/mol. The monoisotopic (exact) mass is 390 g/mol. The Morgan fingerprint density at radius 2 is 1.79 bits per heavy atom. The molecule has 0 saturated heterocycles. The second-order valence-electron chi connectivity index (χ2n) is 6.90. The van der Waals surface area contributed by atoms with E-state index >= 15 is 0 Å². The van der Waals surface area contributed by atoms with Crippen molar-refractivity contribution in [1.82, 2.24) is 5.32 Å². The minimum absolute atomic E-state index is 0.601. The lowest BCUT2D eigenvalue weighted by Crippen LogP contribution is -2.23. The molecule has 28 heavy (non-hydrogen) atoms. The van der Waals surface area contributed by atoms with Crippen LogP contribution in [-0.4, -0.2) is 39.1 Å². The highest BCUT2D eigenvalue weighted by Crippen LogP contribution is 2.28. The molecule has 1 N–H and O–H groups in total. The maximum absolute atomic E-state index is 6.03. The SMILES string of the molecule is C/C=C/COc1cc(C)c(OCCCCCCNC/C(CC)=N/OC)c(C)c1. The lowest BCUT2D eigenvalue weighted by Gasteiger charge is -2.14. The van der Waals surface area contributed by atoms with E-state index in [1.54, 1.807) is 7.11 Å². The van der Waals surface area contributed by atoms with Gasteiger partial charge in [-0.1, -0.05) is 37.1 Å². The summed E-state index contributed by atoms with van der Waals surface area (Å²) in [6.45, 7) is 11.4. The maximum atomic E-state index is 6.03. The normalized spacial score (nSPS) is 11.8. The molecule has 5 nitrogen and oxygen atoms in total. The fourth-order valence-corrected chi connectivity index (χ4v) is 2.93. The number of rotatable bonds is 15. The van der Waals surface area contributed by atoms with Gasteiger partial charge < -0.3 is 19.6 Å². The third-order valence-corrected chi connectivity index (χ3v) is 4.47. The highest BCUT2D eigenvalue weighted by atomic mass is 16.6. The highest BCUT2D eigenvalue weighted by Gasteiger charge is 2.07. The quantitative estimate of drug-likeness (QED) is 0.194. The average Bonchev–Trinajstić information content (AvgIpc) is 2.67. The van der Waals surface area contributed by atoms with Gasteiger partial charge in [0.05, 0.1) is 12.3 Å². The molecule has 0 bridgehead atoms. The van der Waals surface area contributed by atoms with Gasteiger partial charge in [0, 0.05) is 6.54 Å². The number of oxime groups is 1. The van der Waals surface area contributed by atoms with E-state index < -0.39 is 0 Å². The number of nitrogens with zero attached hydrogens (tertiary/aromatic N) is 1. The number of allylic oxidation sites excluding steroid dienone is 1. The second kappa shape index (κ2) is 15.0. The molecule has 0 aromatic heterocycles. The Balaban J connectivity index is 2.20. The molecule has 0 heterocycles. The molecule has 158 valence electrons. The number of aryl methyl sites for hydroxylation is 2. The molecular formula is C23H38N2O3. The Morgan fingerprint density at radius 3 is 2.43 bits per heavy atom. The third-order valence-electron chi connectivity index (χ3n) is 4.47. The van der Waals surface area contributed by atoms with Gasteiger partial charge in [0.15, 0.2) is 0 Å². The van der Waals surface area contributed by atoms with Crippen LogP contribution in [0.4, 0.5) is 0 Å². The summed E-state index contributed by atoms with van der Waals surface area (Å²) in [6, 6.07) is 4.10. The lowest BCUT2D eigenvalue weighted by atomic mass is 10.1. The summed E-state index contributed by atoms with van der Waals surface area (Å²) in [5.74, 6) is 1.89. The summed E-state index contributed by atoms with van der Waals surface area (Å²) in [4.78, 5) is 4.82. The lowest BCUT2D eigenvalue weighted by molar-refractivity contribution is 0.212. The van der Waals surface area contributed by atoms with Crippen molar-refractivity contribution in [3.8, 4) is 11.5 Å². The summed E-state index contributed by atoms with van der Waals surface area (Å²) >= 11 is 0. The minimum atomic E-state index is 0.601. The Hall–Kier alpha value is -2.01. The summed E-state index contributed by atoms with van der Waals surface area (Å²) < 4.78 is 11.8. The first-order valence-electron chi connectivity index (χ1n) is 10.4. The minimum Gasteiger partial charge on any atom is -0.493 e. The molecule has 1 aromatic rings. The molecule has 0 radical (unpaired) electrons. The van der Waals surface area contributed by atoms with E-state index in [-0.39, 0.29) is 0 Å². The molecule has 1 aromatic carbocycles. The molecule has 0 aliphatic heterocycles. The van der Waals surface area contributed by atoms with Gasteiger partial charge in [0.1, 0.15) is 25.2 Å². The Labute approximate surface area is 171 Å². The van der Waals surface area contributed by atoms with E-state index in [2.05, 4.69) is 43.4 Å². The first-order valence-corrected chi connectivity index (χ1v) is 10.4. The fraction of sp³-hybridized carbons (Fsp3) is 0.609. The van der Waals surface area contributed by atoms with Crippen molar-refractivity contribution >= 4 is 5.71 Å². The fourth-order valence-electron chi connectivity index (χ4n) is 2.93. The van der Waals surface area contributed by atoms with E-state index in [4.69, 9.17) is 14.3 Å². The summed E-state index contributed by atoms with van der Waals surface area (Å²) in [6.07, 6.45) is 9.53. The topological polar surface area (TPSA) is 52.1 Å². The average molecular weight is 391 g/mol. The van der Waals surface area contributed by atoms with Crippen LogP contribution >= 0.6 is 0 Å². The number of unbranched alkanes of at least 4 members (excludes halogenated alkanes) is 3. The van der Waals surface area contributed by atoms with E-state index in [1.807, 2.05) is 19.1 Å². The van der Waals surface area contributed by atoms with E-state index in [0.717, 1.165) is 60.9 Å². The largest absolute Gasteiger partial charge is 0.493 e. The van der Waals surface area contributed by atoms with Crippen LogP contribution in [0.25, 0.3) is 0 Å². The highest BCUT2D eigenvalue weighted by molar-refractivity contribution is 5.85. The Bertz CT molecular complexity index is 589. The second-order valence-corrected chi connectivity index (χ2v) is 6.90. The number of ether oxygens (including phenoxy) is 2. The Morgan fingerprint density at radius 1 is 1.07 bits per heavy atom. The van der Waals surface area contributed by atoms with Crippen LogP contribution in [0.15, 0.2) is 29.4 Å². The number of hydrogen-bond acceptors (Lipinski definition) is 5. The first-order chi connectivity index (χ1) is 13.6. The molecule has 5 heteroatoms. The zero-order valence-electron chi connectivity index (χ0n) is 18.3. The first kappa shape index (κ1) is 24.0. The Kier molecular flexibility index (Phi) is 12.9. The molecule has 0 aliphatic rings. The summed E-state index contributed by atoms with van der Waals surface area (Å²) in [5.41, 5.74) is 3.31. The van der Waals surface area contributed by atoms with Gasteiger partial charge in [-0.3, -0.25) is 0 Å². The number of benzene rings is 1. The predicted molar refractivity (Wildman–Crippen MR) is 118 cm³/mol. The predicted octanol–water partition coefficient (Wildman–Crippen LogP) is 5.20. The standard InChI is InChI=1S/C23H38N2O3/c1-6-8-14-27-22-16-19(3)23(20(4)17-22)28-15-12-10-9-11-13-24-18-21(7-2)25-26-5/h6,8,16-17,24H,7,9-15,18H2,1-5H3/b8-6+,25-21+. The van der Waals surface area contributed by atoms with Crippen LogP contribution in [0.2, 0.25) is 0 Å². The molecule has 0 amide bonds. The van der Waals surface area contributed by atoms with Crippen LogP contribution in [-0.2, 0) is 4.84 Å². The van der Waals surface area contributed by atoms with E-state index in [9.17, 15) is 0 Å². The summed E-state index contributed by atoms with van der Waals surface area (Å²) in [7, 11) is 1.59. The van der Waals surface area contributed by atoms with Crippen LogP contribution in [0.1, 0.15) is 57.1 Å². The van der Waals surface area contributed by atoms with Crippen molar-refractivity contribution in [1.29, 1.82) is 0 Å². The van der Waals surface area contributed by atoms with Crippen molar-refractivity contribution in [3.05, 3.63) is 35.4 Å². The maximum Gasteiger partial charge on any atom is 0.125 e. The van der Waals surface area contributed by atoms with Crippen LogP contribution in [0.3, 0.4) is 0 Å². The molecule has 1 rings (SSSR count). The zero-order valence-corrected chi connectivity index (χ0v) is 18.3. The molecule has 0 fully saturated rings. The van der Waals surface area contributed by atoms with Crippen molar-refractivity contribution in [2.45, 2.75) is 59.8 Å². The van der Waals surface area contributed by atoms with Gasteiger partial charge in [-0.25, -0.2) is 0 Å². The van der Waals surface area contributed by atoms with Crippen LogP contribution in [0.5, 0.6) is 11.5 Å². The van der Waals surface area contributed by atoms with Gasteiger partial charge in [0.25, 0.3) is 0 Å². The molecule has 0 aliphatic carbocycles. The van der Waals surface area contributed by atoms with Gasteiger partial charge in [-0.05, 0) is 69.8 Å². The summed E-state index contributed by atoms with van der Waals surface area (Å²) in [5, 5.41) is 7.41. The van der Waals surface area contributed by atoms with Crippen molar-refractivity contribution in [2.75, 3.05) is 33.4 Å². The van der Waals surface area contributed by atoms with Gasteiger partial charge in [0.2, 0.25) is 0 Å². The van der Waals surface area contributed by atoms with Crippen molar-refractivity contribution in [3.63, 3.8) is 0 Å². The van der Waals surface area contributed by atoms with E-state index in [0.29, 0.717) is 6.61 Å². The van der Waals surface area contributed by atoms with Crippen molar-refractivity contribution < 1.29 is 14.3 Å². The van der Waals surface area contributed by atoms with Crippen molar-refractivity contribution in [2.24, 2.45) is 5.16 Å². The third kappa shape index (κ3) is 9.79. The van der Waals surface area contributed by atoms with E-state index in [1.165, 1.54) is 19.3 Å². The van der Waals surface area contributed by atoms with Gasteiger partial charge >= 0.3 is 0 Å². The van der Waals surface area contributed by atoms with Crippen LogP contribution < -0.4 is 14.8 Å².